The Kier molecular flexibility index (Phi) is 6.42. The van der Waals surface area contributed by atoms with E-state index in [1.54, 1.807) is 23.4 Å². The van der Waals surface area contributed by atoms with Crippen molar-refractivity contribution >= 4 is 35.0 Å². The van der Waals surface area contributed by atoms with E-state index in [1.165, 1.54) is 11.8 Å². The predicted octanol–water partition coefficient (Wildman–Crippen LogP) is 3.38. The minimum Gasteiger partial charge on any atom is -0.325 e. The van der Waals surface area contributed by atoms with Gasteiger partial charge in [-0.3, -0.25) is 19.1 Å². The van der Waals surface area contributed by atoms with Gasteiger partial charge in [-0.25, -0.2) is 0 Å². The first-order valence-corrected chi connectivity index (χ1v) is 10.9. The third-order valence-corrected chi connectivity index (χ3v) is 5.78. The number of nitrogens with zero attached hydrogens (tertiary/aromatic N) is 5. The summed E-state index contributed by atoms with van der Waals surface area (Å²) in [5.74, 6) is 0.866. The molecule has 0 unspecified atom stereocenters. The molecule has 1 aliphatic heterocycles. The fraction of sp³-hybridized carbons (Fsp3) is 0.227. The molecule has 1 aliphatic rings. The monoisotopic (exact) mass is 434 g/mol. The molecular weight excluding hydrogens is 412 g/mol. The van der Waals surface area contributed by atoms with Gasteiger partial charge in [0.2, 0.25) is 11.8 Å². The summed E-state index contributed by atoms with van der Waals surface area (Å²) in [4.78, 5) is 30.2. The van der Waals surface area contributed by atoms with Crippen molar-refractivity contribution in [3.05, 3.63) is 61.4 Å². The van der Waals surface area contributed by atoms with Gasteiger partial charge in [0, 0.05) is 48.8 Å². The van der Waals surface area contributed by atoms with Gasteiger partial charge in [-0.1, -0.05) is 17.8 Å². The highest BCUT2D eigenvalue weighted by molar-refractivity contribution is 7.99. The highest BCUT2D eigenvalue weighted by Gasteiger charge is 2.21. The summed E-state index contributed by atoms with van der Waals surface area (Å²) in [6, 6.07) is 11.1. The van der Waals surface area contributed by atoms with Crippen LogP contribution in [0.3, 0.4) is 0 Å². The number of allylic oxidation sites excluding steroid dienone is 1. The molecule has 158 valence electrons. The molecule has 0 saturated carbocycles. The molecule has 9 heteroatoms. The zero-order chi connectivity index (χ0) is 21.6. The van der Waals surface area contributed by atoms with Gasteiger partial charge in [0.05, 0.1) is 5.75 Å². The minimum atomic E-state index is -0.147. The molecule has 31 heavy (non-hydrogen) atoms. The van der Waals surface area contributed by atoms with Crippen LogP contribution in [-0.2, 0) is 16.1 Å². The van der Waals surface area contributed by atoms with Crippen molar-refractivity contribution in [3.63, 3.8) is 0 Å². The summed E-state index contributed by atoms with van der Waals surface area (Å²) < 4.78 is 1.91. The lowest BCUT2D eigenvalue weighted by atomic mass is 10.2. The van der Waals surface area contributed by atoms with Crippen LogP contribution in [0, 0.1) is 0 Å². The van der Waals surface area contributed by atoms with Crippen LogP contribution in [0.15, 0.2) is 66.6 Å². The van der Waals surface area contributed by atoms with Crippen molar-refractivity contribution in [2.45, 2.75) is 24.5 Å². The lowest BCUT2D eigenvalue weighted by Gasteiger charge is -2.16. The van der Waals surface area contributed by atoms with Gasteiger partial charge < -0.3 is 10.2 Å². The van der Waals surface area contributed by atoms with Gasteiger partial charge in [0.1, 0.15) is 0 Å². The van der Waals surface area contributed by atoms with Crippen LogP contribution in [0.25, 0.3) is 11.4 Å². The van der Waals surface area contributed by atoms with E-state index < -0.39 is 0 Å². The maximum Gasteiger partial charge on any atom is 0.234 e. The van der Waals surface area contributed by atoms with Crippen LogP contribution in [0.4, 0.5) is 11.4 Å². The molecule has 1 aromatic carbocycles. The molecule has 2 amide bonds. The van der Waals surface area contributed by atoms with E-state index >= 15 is 0 Å². The molecule has 0 aliphatic carbocycles. The van der Waals surface area contributed by atoms with Gasteiger partial charge in [0.15, 0.2) is 11.0 Å². The fourth-order valence-corrected chi connectivity index (χ4v) is 4.12. The first-order chi connectivity index (χ1) is 15.2. The Hall–Kier alpha value is -3.46. The lowest BCUT2D eigenvalue weighted by molar-refractivity contribution is -0.117. The van der Waals surface area contributed by atoms with Crippen molar-refractivity contribution in [1.29, 1.82) is 0 Å². The SMILES string of the molecule is C=CCn1c(SCC(=O)Nc2ccc(N3CCCC3=O)cc2)nnc1-c1cccnc1. The van der Waals surface area contributed by atoms with E-state index in [0.29, 0.717) is 29.6 Å². The molecule has 2 aromatic heterocycles. The van der Waals surface area contributed by atoms with Crippen molar-refractivity contribution < 1.29 is 9.59 Å². The van der Waals surface area contributed by atoms with Crippen LogP contribution >= 0.6 is 11.8 Å². The molecule has 1 saturated heterocycles. The Morgan fingerprint density at radius 2 is 2.06 bits per heavy atom. The molecular formula is C22H22N6O2S. The number of hydrogen-bond acceptors (Lipinski definition) is 6. The number of thioether (sulfide) groups is 1. The van der Waals surface area contributed by atoms with Crippen LogP contribution in [-0.4, -0.2) is 43.9 Å². The molecule has 1 fully saturated rings. The summed E-state index contributed by atoms with van der Waals surface area (Å²) in [7, 11) is 0. The Morgan fingerprint density at radius 3 is 2.74 bits per heavy atom. The minimum absolute atomic E-state index is 0.141. The van der Waals surface area contributed by atoms with Crippen molar-refractivity contribution in [3.8, 4) is 11.4 Å². The van der Waals surface area contributed by atoms with Crippen molar-refractivity contribution in [2.75, 3.05) is 22.5 Å². The second-order valence-corrected chi connectivity index (χ2v) is 7.92. The van der Waals surface area contributed by atoms with E-state index in [-0.39, 0.29) is 17.6 Å². The highest BCUT2D eigenvalue weighted by Crippen LogP contribution is 2.25. The van der Waals surface area contributed by atoms with Gasteiger partial charge >= 0.3 is 0 Å². The topological polar surface area (TPSA) is 93.0 Å². The molecule has 1 N–H and O–H groups in total. The smallest absolute Gasteiger partial charge is 0.234 e. The van der Waals surface area contributed by atoms with Gasteiger partial charge in [-0.2, -0.15) is 0 Å². The first kappa shape index (κ1) is 20.8. The molecule has 0 radical (unpaired) electrons. The number of carbonyl (C=O) groups excluding carboxylic acids is 2. The standard InChI is InChI=1S/C22H22N6O2S/c1-2-12-28-21(16-5-3-11-23-14-16)25-26-22(28)31-15-19(29)24-17-7-9-18(10-8-17)27-13-4-6-20(27)30/h2-3,5,7-11,14H,1,4,6,12-13,15H2,(H,24,29). The number of benzene rings is 1. The molecule has 4 rings (SSSR count). The van der Waals surface area contributed by atoms with Gasteiger partial charge in [0.25, 0.3) is 0 Å². The molecule has 3 heterocycles. The Bertz CT molecular complexity index is 1080. The normalized spacial score (nSPS) is 13.4. The quantitative estimate of drug-likeness (QED) is 0.432. The Morgan fingerprint density at radius 1 is 1.23 bits per heavy atom. The summed E-state index contributed by atoms with van der Waals surface area (Å²) in [6.45, 7) is 5.07. The average molecular weight is 435 g/mol. The number of hydrogen-bond donors (Lipinski definition) is 1. The Labute approximate surface area is 184 Å². The summed E-state index contributed by atoms with van der Waals surface area (Å²) in [5, 5.41) is 12.0. The molecule has 0 bridgehead atoms. The maximum absolute atomic E-state index is 12.4. The molecule has 3 aromatic rings. The third-order valence-electron chi connectivity index (χ3n) is 4.82. The largest absolute Gasteiger partial charge is 0.325 e. The molecule has 0 spiro atoms. The number of amides is 2. The number of rotatable bonds is 8. The van der Waals surface area contributed by atoms with Gasteiger partial charge in [-0.05, 0) is 42.8 Å². The van der Waals surface area contributed by atoms with Crippen molar-refractivity contribution in [2.24, 2.45) is 0 Å². The zero-order valence-electron chi connectivity index (χ0n) is 16.9. The van der Waals surface area contributed by atoms with Crippen LogP contribution in [0.5, 0.6) is 0 Å². The zero-order valence-corrected chi connectivity index (χ0v) is 17.7. The molecule has 8 nitrogen and oxygen atoms in total. The van der Waals surface area contributed by atoms with Crippen LogP contribution in [0.1, 0.15) is 12.8 Å². The summed E-state index contributed by atoms with van der Waals surface area (Å²) in [5.41, 5.74) is 2.39. The van der Waals surface area contributed by atoms with E-state index in [9.17, 15) is 9.59 Å². The number of nitrogens with one attached hydrogen (secondary N) is 1. The second kappa shape index (κ2) is 9.57. The van der Waals surface area contributed by atoms with E-state index in [4.69, 9.17) is 0 Å². The lowest BCUT2D eigenvalue weighted by Crippen LogP contribution is -2.23. The van der Waals surface area contributed by atoms with Crippen LogP contribution < -0.4 is 10.2 Å². The number of aromatic nitrogens is 4. The third kappa shape index (κ3) is 4.83. The maximum atomic E-state index is 12.4. The highest BCUT2D eigenvalue weighted by atomic mass is 32.2. The average Bonchev–Trinajstić information content (AvgIpc) is 3.40. The number of pyridine rings is 1. The summed E-state index contributed by atoms with van der Waals surface area (Å²) in [6.07, 6.45) is 6.67. The Balaban J connectivity index is 1.38. The summed E-state index contributed by atoms with van der Waals surface area (Å²) >= 11 is 1.31. The van der Waals surface area contributed by atoms with E-state index in [0.717, 1.165) is 24.2 Å². The van der Waals surface area contributed by atoms with E-state index in [2.05, 4.69) is 27.1 Å². The van der Waals surface area contributed by atoms with Crippen LogP contribution in [0.2, 0.25) is 0 Å². The number of carbonyl (C=O) groups is 2. The van der Waals surface area contributed by atoms with E-state index in [1.807, 2.05) is 41.0 Å². The predicted molar refractivity (Wildman–Crippen MR) is 121 cm³/mol. The second-order valence-electron chi connectivity index (χ2n) is 6.98. The first-order valence-electron chi connectivity index (χ1n) is 9.93. The number of anilines is 2. The molecule has 0 atom stereocenters. The van der Waals surface area contributed by atoms with Crippen molar-refractivity contribution in [1.82, 2.24) is 19.7 Å². The fourth-order valence-electron chi connectivity index (χ4n) is 3.37. The van der Waals surface area contributed by atoms with Gasteiger partial charge in [-0.15, -0.1) is 16.8 Å².